The van der Waals surface area contributed by atoms with Crippen LogP contribution >= 0.6 is 0 Å². The Kier molecular flexibility index (Phi) is 8.48. The van der Waals surface area contributed by atoms with Gasteiger partial charge in [0, 0.05) is 39.9 Å². The van der Waals surface area contributed by atoms with Gasteiger partial charge < -0.3 is 36.9 Å². The second-order valence-corrected chi connectivity index (χ2v) is 15.5. The van der Waals surface area contributed by atoms with Crippen molar-refractivity contribution < 1.29 is 19.7 Å². The number of anilines is 2. The molecule has 7 aromatic rings. The maximum Gasteiger partial charge on any atom is 0.223 e. The topological polar surface area (TPSA) is 231 Å². The van der Waals surface area contributed by atoms with Crippen LogP contribution in [0.15, 0.2) is 71.9 Å². The van der Waals surface area contributed by atoms with Gasteiger partial charge in [0.1, 0.15) is 28.4 Å². The summed E-state index contributed by atoms with van der Waals surface area (Å²) < 4.78 is 13.0. The van der Waals surface area contributed by atoms with Gasteiger partial charge in [0.25, 0.3) is 0 Å². The molecule has 57 heavy (non-hydrogen) atoms. The minimum absolute atomic E-state index is 0.0595. The lowest BCUT2D eigenvalue weighted by Gasteiger charge is -2.20. The summed E-state index contributed by atoms with van der Waals surface area (Å²) >= 11 is 0. The van der Waals surface area contributed by atoms with Crippen molar-refractivity contribution in [2.24, 2.45) is 16.6 Å². The van der Waals surface area contributed by atoms with Crippen LogP contribution in [-0.2, 0) is 5.60 Å². The Morgan fingerprint density at radius 2 is 1.65 bits per heavy atom. The molecular formula is C42H43N11O4. The van der Waals surface area contributed by atoms with E-state index in [2.05, 4.69) is 16.0 Å². The number of methoxy groups -OCH3 is 2. The molecule has 0 radical (unpaired) electrons. The zero-order chi connectivity index (χ0) is 39.9. The fourth-order valence-electron chi connectivity index (χ4n) is 8.01. The first-order valence-electron chi connectivity index (χ1n) is 18.8. The second-order valence-electron chi connectivity index (χ2n) is 15.5. The zero-order valence-electron chi connectivity index (χ0n) is 32.2. The first kappa shape index (κ1) is 36.2. The molecule has 2 saturated carbocycles. The van der Waals surface area contributed by atoms with E-state index in [9.17, 15) is 10.2 Å². The number of hydrogen-bond donors (Lipinski definition) is 5. The van der Waals surface area contributed by atoms with Crippen molar-refractivity contribution in [1.29, 1.82) is 0 Å². The molecule has 9 rings (SSSR count). The quantitative estimate of drug-likeness (QED) is 0.0819. The highest BCUT2D eigenvalue weighted by Crippen LogP contribution is 2.55. The number of pyridine rings is 1. The molecule has 0 spiro atoms. The van der Waals surface area contributed by atoms with Gasteiger partial charge in [0.2, 0.25) is 11.9 Å². The SMILES string of the molecule is COc1cccc2c(N=C(N)C3CC3c3cc(C(C)(C)O)cnc3-c3cc(OC)c4nc(N)n5nc(C6CC6c6ccccc6[C@H](C)O)nc5c4c3)nc(N)nc12. The highest BCUT2D eigenvalue weighted by molar-refractivity contribution is 6.00. The Bertz CT molecular complexity index is 2780. The minimum Gasteiger partial charge on any atom is -0.494 e. The number of nitrogen functional groups attached to an aromatic ring is 2. The number of aliphatic hydroxyl groups is 2. The molecule has 15 nitrogen and oxygen atoms in total. The normalized spacial score (nSPS) is 19.9. The summed E-state index contributed by atoms with van der Waals surface area (Å²) in [5.41, 5.74) is 24.8. The maximum absolute atomic E-state index is 11.1. The van der Waals surface area contributed by atoms with E-state index in [-0.39, 0.29) is 35.6 Å². The maximum atomic E-state index is 11.1. The average molecular weight is 766 g/mol. The third-order valence-corrected chi connectivity index (χ3v) is 11.2. The number of nitrogens with two attached hydrogens (primary N) is 3. The molecule has 2 aliphatic rings. The predicted molar refractivity (Wildman–Crippen MR) is 218 cm³/mol. The summed E-state index contributed by atoms with van der Waals surface area (Å²) in [5.74, 6) is 2.73. The van der Waals surface area contributed by atoms with Gasteiger partial charge in [-0.2, -0.15) is 9.50 Å². The Morgan fingerprint density at radius 1 is 0.877 bits per heavy atom. The standard InChI is InChI=1S/C42H43N11O4/c1-19(54)22-9-6-7-10-23(22)25-17-29(25)38-50-39-30-13-20(14-32(57-5)35(30)48-41(45)53(39)52-38)33-27(15-21(18-46-33)42(2,3)55)26-16-28(26)36(43)49-37-24-11-8-12-31(56-4)34(24)47-40(44)51-37/h6-15,18-19,25-26,28-29,54-55H,16-17H2,1-5H3,(H2,45,48)(H4,43,44,47,49,51)/t19-,25?,26?,28?,29?/m0/s1. The van der Waals surface area contributed by atoms with E-state index >= 15 is 0 Å². The molecule has 4 unspecified atom stereocenters. The van der Waals surface area contributed by atoms with Crippen LogP contribution < -0.4 is 26.7 Å². The fraction of sp³-hybridized carbons (Fsp3) is 0.310. The van der Waals surface area contributed by atoms with Gasteiger partial charge >= 0.3 is 0 Å². The van der Waals surface area contributed by atoms with E-state index in [0.29, 0.717) is 74.1 Å². The highest BCUT2D eigenvalue weighted by atomic mass is 16.5. The first-order valence-corrected chi connectivity index (χ1v) is 18.8. The number of fused-ring (bicyclic) bond motifs is 4. The van der Waals surface area contributed by atoms with E-state index in [4.69, 9.17) is 51.7 Å². The van der Waals surface area contributed by atoms with Gasteiger partial charge in [-0.1, -0.05) is 30.3 Å². The fourth-order valence-corrected chi connectivity index (χ4v) is 8.01. The monoisotopic (exact) mass is 765 g/mol. The number of ether oxygens (including phenoxy) is 2. The van der Waals surface area contributed by atoms with Gasteiger partial charge in [-0.15, -0.1) is 5.10 Å². The number of rotatable bonds is 10. The summed E-state index contributed by atoms with van der Waals surface area (Å²) in [7, 11) is 3.16. The van der Waals surface area contributed by atoms with Crippen molar-refractivity contribution in [3.63, 3.8) is 0 Å². The third-order valence-electron chi connectivity index (χ3n) is 11.2. The van der Waals surface area contributed by atoms with Gasteiger partial charge in [-0.05, 0) is 92.5 Å². The number of hydrogen-bond acceptors (Lipinski definition) is 13. The largest absolute Gasteiger partial charge is 0.494 e. The number of para-hydroxylation sites is 1. The molecule has 2 fully saturated rings. The number of amidine groups is 1. The smallest absolute Gasteiger partial charge is 0.223 e. The molecule has 8 N–H and O–H groups in total. The van der Waals surface area contributed by atoms with Crippen LogP contribution in [0.25, 0.3) is 38.7 Å². The summed E-state index contributed by atoms with van der Waals surface area (Å²) in [6.07, 6.45) is 2.66. The number of nitrogens with zero attached hydrogens (tertiary/aromatic N) is 8. The lowest BCUT2D eigenvalue weighted by molar-refractivity contribution is 0.0781. The zero-order valence-corrected chi connectivity index (χ0v) is 32.2. The highest BCUT2D eigenvalue weighted by Gasteiger charge is 2.45. The van der Waals surface area contributed by atoms with E-state index in [1.165, 1.54) is 0 Å². The summed E-state index contributed by atoms with van der Waals surface area (Å²) in [6.45, 7) is 5.24. The van der Waals surface area contributed by atoms with Crippen molar-refractivity contribution in [3.05, 3.63) is 94.9 Å². The van der Waals surface area contributed by atoms with Crippen molar-refractivity contribution in [2.75, 3.05) is 25.7 Å². The molecule has 0 amide bonds. The molecule has 3 aromatic carbocycles. The van der Waals surface area contributed by atoms with Crippen LogP contribution in [0.4, 0.5) is 17.7 Å². The van der Waals surface area contributed by atoms with Gasteiger partial charge in [-0.25, -0.2) is 19.9 Å². The summed E-state index contributed by atoms with van der Waals surface area (Å²) in [4.78, 5) is 28.3. The summed E-state index contributed by atoms with van der Waals surface area (Å²) in [5, 5.41) is 27.7. The number of benzene rings is 3. The van der Waals surface area contributed by atoms with Crippen LogP contribution in [0, 0.1) is 5.92 Å². The van der Waals surface area contributed by atoms with E-state index in [1.807, 2.05) is 48.5 Å². The van der Waals surface area contributed by atoms with Gasteiger partial charge in [-0.3, -0.25) is 4.98 Å². The van der Waals surface area contributed by atoms with Crippen LogP contribution in [0.5, 0.6) is 11.5 Å². The average Bonchev–Trinajstić information content (AvgIpc) is 4.12. The number of aliphatic imine (C=N–C) groups is 1. The molecule has 0 bridgehead atoms. The van der Waals surface area contributed by atoms with Crippen molar-refractivity contribution in [3.8, 4) is 22.8 Å². The minimum atomic E-state index is -1.15. The molecular weight excluding hydrogens is 723 g/mol. The Balaban J connectivity index is 1.12. The second kappa shape index (κ2) is 13.3. The van der Waals surface area contributed by atoms with E-state index in [0.717, 1.165) is 28.7 Å². The molecule has 15 heteroatoms. The van der Waals surface area contributed by atoms with Crippen molar-refractivity contribution in [1.82, 2.24) is 34.5 Å². The molecule has 2 aliphatic carbocycles. The third kappa shape index (κ3) is 6.28. The Morgan fingerprint density at radius 3 is 2.40 bits per heavy atom. The Labute approximate surface area is 327 Å². The molecule has 290 valence electrons. The van der Waals surface area contributed by atoms with Crippen LogP contribution in [-0.4, -0.2) is 64.8 Å². The van der Waals surface area contributed by atoms with Crippen LogP contribution in [0.3, 0.4) is 0 Å². The van der Waals surface area contributed by atoms with Gasteiger partial charge in [0.05, 0.1) is 31.6 Å². The Hall–Kier alpha value is -6.45. The lowest BCUT2D eigenvalue weighted by Crippen LogP contribution is -2.17. The first-order chi connectivity index (χ1) is 27.3. The van der Waals surface area contributed by atoms with Crippen molar-refractivity contribution in [2.45, 2.75) is 63.1 Å². The predicted octanol–water partition coefficient (Wildman–Crippen LogP) is 5.81. The van der Waals surface area contributed by atoms with Gasteiger partial charge in [0.15, 0.2) is 17.3 Å². The number of aromatic nitrogens is 7. The molecule has 0 aliphatic heterocycles. The molecule has 0 saturated heterocycles. The lowest BCUT2D eigenvalue weighted by atomic mass is 9.93. The van der Waals surface area contributed by atoms with E-state index < -0.39 is 11.7 Å². The molecule has 5 atom stereocenters. The number of aliphatic hydroxyl groups excluding tert-OH is 1. The van der Waals surface area contributed by atoms with Crippen LogP contribution in [0.1, 0.15) is 85.5 Å². The van der Waals surface area contributed by atoms with Crippen molar-refractivity contribution >= 4 is 51.0 Å². The molecule has 4 heterocycles. The summed E-state index contributed by atoms with van der Waals surface area (Å²) in [6, 6.07) is 19.3. The van der Waals surface area contributed by atoms with Crippen LogP contribution in [0.2, 0.25) is 0 Å². The van der Waals surface area contributed by atoms with E-state index in [1.54, 1.807) is 51.8 Å². The molecule has 4 aromatic heterocycles.